The predicted molar refractivity (Wildman–Crippen MR) is 74.7 cm³/mol. The van der Waals surface area contributed by atoms with Crippen LogP contribution in [-0.4, -0.2) is 10.5 Å². The molecule has 2 rings (SSSR count). The summed E-state index contributed by atoms with van der Waals surface area (Å²) in [6.07, 6.45) is 6.29. The van der Waals surface area contributed by atoms with E-state index in [0.29, 0.717) is 10.2 Å². The Balaban J connectivity index is 2.26. The van der Waals surface area contributed by atoms with Crippen molar-refractivity contribution in [3.63, 3.8) is 0 Å². The lowest BCUT2D eigenvalue weighted by Gasteiger charge is -2.36. The third-order valence-corrected chi connectivity index (χ3v) is 4.22. The van der Waals surface area contributed by atoms with E-state index in [1.165, 1.54) is 0 Å². The summed E-state index contributed by atoms with van der Waals surface area (Å²) < 4.78 is 2.34. The lowest BCUT2D eigenvalue weighted by molar-refractivity contribution is -0.128. The van der Waals surface area contributed by atoms with Crippen LogP contribution in [0.3, 0.4) is 0 Å². The minimum Gasteiger partial charge on any atom is -0.351 e. The van der Waals surface area contributed by atoms with Crippen LogP contribution >= 0.6 is 15.9 Å². The highest BCUT2D eigenvalue weighted by Crippen LogP contribution is 2.40. The average molecular weight is 313 g/mol. The lowest BCUT2D eigenvalue weighted by Crippen LogP contribution is -2.40. The van der Waals surface area contributed by atoms with Crippen molar-refractivity contribution >= 4 is 27.5 Å². The number of rotatable bonds is 3. The van der Waals surface area contributed by atoms with Gasteiger partial charge in [0.05, 0.1) is 4.47 Å². The third-order valence-electron chi connectivity index (χ3n) is 3.65. The van der Waals surface area contributed by atoms with Gasteiger partial charge in [0.2, 0.25) is 11.3 Å². The fourth-order valence-electron chi connectivity index (χ4n) is 2.07. The number of nitrogens with zero attached hydrogens (tertiary/aromatic N) is 1. The zero-order valence-electron chi connectivity index (χ0n) is 10.6. The van der Waals surface area contributed by atoms with E-state index < -0.39 is 0 Å². The highest BCUT2D eigenvalue weighted by molar-refractivity contribution is 9.10. The quantitative estimate of drug-likeness (QED) is 0.933. The number of carbonyl (C=O) groups is 1. The number of pyridine rings is 1. The summed E-state index contributed by atoms with van der Waals surface area (Å²) in [6, 6.07) is 0. The number of halogens is 1. The molecule has 18 heavy (non-hydrogen) atoms. The number of aryl methyl sites for hydroxylation is 1. The predicted octanol–water partition coefficient (Wildman–Crippen LogP) is 2.76. The molecule has 5 heteroatoms. The summed E-state index contributed by atoms with van der Waals surface area (Å²) in [5, 5.41) is 2.77. The molecule has 1 fully saturated rings. The number of carbonyl (C=O) groups excluding carboxylic acids is 1. The summed E-state index contributed by atoms with van der Waals surface area (Å²) in [6.45, 7) is 4.68. The van der Waals surface area contributed by atoms with E-state index in [1.54, 1.807) is 12.4 Å². The monoisotopic (exact) mass is 312 g/mol. The van der Waals surface area contributed by atoms with Gasteiger partial charge in [-0.2, -0.15) is 0 Å². The van der Waals surface area contributed by atoms with E-state index in [2.05, 4.69) is 21.2 Å². The Hall–Kier alpha value is -1.10. The van der Waals surface area contributed by atoms with Gasteiger partial charge in [0, 0.05) is 24.4 Å². The molecule has 1 aliphatic rings. The normalized spacial score (nSPS) is 17.1. The maximum Gasteiger partial charge on any atom is 0.230 e. The van der Waals surface area contributed by atoms with Gasteiger partial charge < -0.3 is 9.88 Å². The average Bonchev–Trinajstić information content (AvgIpc) is 2.31. The molecule has 0 saturated heterocycles. The molecule has 1 N–H and O–H groups in total. The molecular formula is C13H17BrN2O2. The van der Waals surface area contributed by atoms with Gasteiger partial charge in [-0.3, -0.25) is 9.59 Å². The molecule has 1 aromatic rings. The van der Waals surface area contributed by atoms with Crippen molar-refractivity contribution in [1.29, 1.82) is 0 Å². The number of nitrogens with one attached hydrogen (secondary N) is 1. The van der Waals surface area contributed by atoms with E-state index in [1.807, 2.05) is 18.4 Å². The van der Waals surface area contributed by atoms with Crippen molar-refractivity contribution in [2.24, 2.45) is 5.41 Å². The van der Waals surface area contributed by atoms with E-state index >= 15 is 0 Å². The molecule has 0 atom stereocenters. The fourth-order valence-corrected chi connectivity index (χ4v) is 2.55. The number of hydrogen-bond donors (Lipinski definition) is 1. The third kappa shape index (κ3) is 2.36. The van der Waals surface area contributed by atoms with Crippen molar-refractivity contribution in [3.05, 3.63) is 27.1 Å². The van der Waals surface area contributed by atoms with Crippen LogP contribution in [0.5, 0.6) is 0 Å². The first kappa shape index (κ1) is 13.3. The molecule has 0 spiro atoms. The van der Waals surface area contributed by atoms with Crippen LogP contribution in [0.15, 0.2) is 21.7 Å². The molecule has 0 bridgehead atoms. The molecular weight excluding hydrogens is 296 g/mol. The number of aromatic nitrogens is 1. The van der Waals surface area contributed by atoms with Gasteiger partial charge in [-0.1, -0.05) is 13.3 Å². The van der Waals surface area contributed by atoms with Crippen LogP contribution in [0.1, 0.15) is 33.1 Å². The number of anilines is 1. The topological polar surface area (TPSA) is 51.1 Å². The van der Waals surface area contributed by atoms with Gasteiger partial charge in [0.15, 0.2) is 0 Å². The Morgan fingerprint density at radius 3 is 2.67 bits per heavy atom. The van der Waals surface area contributed by atoms with Crippen molar-refractivity contribution in [3.8, 4) is 0 Å². The lowest BCUT2D eigenvalue weighted by atomic mass is 9.70. The second kappa shape index (κ2) is 4.88. The highest BCUT2D eigenvalue weighted by Gasteiger charge is 2.39. The maximum absolute atomic E-state index is 12.1. The molecule has 1 saturated carbocycles. The van der Waals surface area contributed by atoms with Crippen LogP contribution in [0.25, 0.3) is 0 Å². The summed E-state index contributed by atoms with van der Waals surface area (Å²) >= 11 is 3.22. The first-order valence-electron chi connectivity index (χ1n) is 6.17. The second-order valence-corrected chi connectivity index (χ2v) is 5.90. The standard InChI is InChI=1S/C13H17BrN2O2/c1-3-16-7-9(14)11(17)10(8-16)15-12(18)13(2)5-4-6-13/h7-8H,3-6H2,1-2H3,(H,15,18). The van der Waals surface area contributed by atoms with Gasteiger partial charge in [-0.15, -0.1) is 0 Å². The van der Waals surface area contributed by atoms with Crippen LogP contribution in [-0.2, 0) is 11.3 Å². The molecule has 98 valence electrons. The van der Waals surface area contributed by atoms with Gasteiger partial charge in [0.1, 0.15) is 5.69 Å². The second-order valence-electron chi connectivity index (χ2n) is 5.05. The molecule has 1 aromatic heterocycles. The number of hydrogen-bond acceptors (Lipinski definition) is 2. The first-order valence-corrected chi connectivity index (χ1v) is 6.96. The Kier molecular flexibility index (Phi) is 3.61. The van der Waals surface area contributed by atoms with E-state index in [-0.39, 0.29) is 16.8 Å². The first-order chi connectivity index (χ1) is 8.46. The molecule has 0 radical (unpaired) electrons. The molecule has 4 nitrogen and oxygen atoms in total. The Bertz CT molecular complexity index is 532. The smallest absolute Gasteiger partial charge is 0.230 e. The molecule has 1 aliphatic carbocycles. The van der Waals surface area contributed by atoms with E-state index in [4.69, 9.17) is 0 Å². The zero-order valence-corrected chi connectivity index (χ0v) is 12.2. The van der Waals surface area contributed by atoms with Crippen molar-refractivity contribution < 1.29 is 4.79 Å². The minimum atomic E-state index is -0.300. The van der Waals surface area contributed by atoms with Crippen LogP contribution in [0.4, 0.5) is 5.69 Å². The summed E-state index contributed by atoms with van der Waals surface area (Å²) in [4.78, 5) is 24.0. The molecule has 1 heterocycles. The van der Waals surface area contributed by atoms with E-state index in [0.717, 1.165) is 25.8 Å². The SMILES string of the molecule is CCn1cc(Br)c(=O)c(NC(=O)C2(C)CCC2)c1. The Labute approximate surface area is 115 Å². The summed E-state index contributed by atoms with van der Waals surface area (Å²) in [5.74, 6) is -0.0494. The molecule has 0 aliphatic heterocycles. The summed E-state index contributed by atoms with van der Waals surface area (Å²) in [7, 11) is 0. The van der Waals surface area contributed by atoms with Crippen LogP contribution < -0.4 is 10.7 Å². The van der Waals surface area contributed by atoms with Crippen LogP contribution in [0, 0.1) is 5.41 Å². The zero-order chi connectivity index (χ0) is 13.3. The minimum absolute atomic E-state index is 0.0494. The van der Waals surface area contributed by atoms with Crippen molar-refractivity contribution in [2.45, 2.75) is 39.7 Å². The largest absolute Gasteiger partial charge is 0.351 e. The fraction of sp³-hybridized carbons (Fsp3) is 0.538. The molecule has 0 aromatic carbocycles. The van der Waals surface area contributed by atoms with Crippen LogP contribution in [0.2, 0.25) is 0 Å². The molecule has 0 unspecified atom stereocenters. The van der Waals surface area contributed by atoms with Gasteiger partial charge in [-0.05, 0) is 35.7 Å². The molecule has 1 amide bonds. The van der Waals surface area contributed by atoms with Crippen molar-refractivity contribution in [1.82, 2.24) is 4.57 Å². The highest BCUT2D eigenvalue weighted by atomic mass is 79.9. The summed E-state index contributed by atoms with van der Waals surface area (Å²) in [5.41, 5.74) is -0.119. The number of amides is 1. The van der Waals surface area contributed by atoms with Gasteiger partial charge in [0.25, 0.3) is 0 Å². The van der Waals surface area contributed by atoms with E-state index in [9.17, 15) is 9.59 Å². The van der Waals surface area contributed by atoms with Gasteiger partial charge in [-0.25, -0.2) is 0 Å². The van der Waals surface area contributed by atoms with Gasteiger partial charge >= 0.3 is 0 Å². The van der Waals surface area contributed by atoms with Crippen molar-refractivity contribution in [2.75, 3.05) is 5.32 Å². The Morgan fingerprint density at radius 1 is 1.50 bits per heavy atom. The maximum atomic E-state index is 12.1. The Morgan fingerprint density at radius 2 is 2.17 bits per heavy atom.